The van der Waals surface area contributed by atoms with Gasteiger partial charge in [-0.25, -0.2) is 0 Å². The summed E-state index contributed by atoms with van der Waals surface area (Å²) in [5, 5.41) is 3.61. The van der Waals surface area contributed by atoms with Gasteiger partial charge in [0.1, 0.15) is 0 Å². The molecule has 0 bridgehead atoms. The summed E-state index contributed by atoms with van der Waals surface area (Å²) >= 11 is 0. The number of alkyl halides is 3. The van der Waals surface area contributed by atoms with Crippen LogP contribution in [0.5, 0.6) is 0 Å². The molecule has 2 aromatic heterocycles. The van der Waals surface area contributed by atoms with Crippen LogP contribution in [0.2, 0.25) is 0 Å². The average Bonchev–Trinajstić information content (AvgIpc) is 2.81. The zero-order valence-corrected chi connectivity index (χ0v) is 17.2. The third-order valence-corrected chi connectivity index (χ3v) is 5.28. The first kappa shape index (κ1) is 21.5. The van der Waals surface area contributed by atoms with E-state index in [1.54, 1.807) is 42.6 Å². The largest absolute Gasteiger partial charge is 0.418 e. The molecule has 1 amide bonds. The maximum absolute atomic E-state index is 13.7. The molecule has 0 aliphatic heterocycles. The summed E-state index contributed by atoms with van der Waals surface area (Å²) < 4.78 is 41.2. The first-order valence-electron chi connectivity index (χ1n) is 10.1. The zero-order chi connectivity index (χ0) is 22.7. The quantitative estimate of drug-likeness (QED) is 0.436. The lowest BCUT2D eigenvalue weighted by Gasteiger charge is -2.22. The van der Waals surface area contributed by atoms with Crippen LogP contribution in [-0.2, 0) is 12.6 Å². The van der Waals surface area contributed by atoms with Gasteiger partial charge >= 0.3 is 6.18 Å². The van der Waals surface area contributed by atoms with E-state index in [1.807, 2.05) is 25.1 Å². The zero-order valence-electron chi connectivity index (χ0n) is 17.2. The van der Waals surface area contributed by atoms with Crippen molar-refractivity contribution in [3.63, 3.8) is 0 Å². The number of pyridine rings is 2. The standard InChI is InChI=1S/C25H20F3N3O/c1-2-16-7-9-18(10-8-16)22(23-20(25(26,27)28)6-4-14-30-23)31-24(32)19-12-11-17-5-3-13-29-21(17)15-19/h3-15,22H,2H2,1H3,(H,31,32)/t22-/m0/s1. The summed E-state index contributed by atoms with van der Waals surface area (Å²) in [5.41, 5.74) is 1.34. The lowest BCUT2D eigenvalue weighted by Crippen LogP contribution is -2.31. The maximum atomic E-state index is 13.7. The normalized spacial score (nSPS) is 12.5. The van der Waals surface area contributed by atoms with E-state index in [1.165, 1.54) is 12.3 Å². The van der Waals surface area contributed by atoms with Gasteiger partial charge in [0.2, 0.25) is 0 Å². The molecule has 1 atom stereocenters. The van der Waals surface area contributed by atoms with Gasteiger partial charge in [0.05, 0.1) is 22.8 Å². The fourth-order valence-corrected chi connectivity index (χ4v) is 3.56. The highest BCUT2D eigenvalue weighted by Crippen LogP contribution is 2.35. The van der Waals surface area contributed by atoms with Crippen LogP contribution in [0.4, 0.5) is 13.2 Å². The van der Waals surface area contributed by atoms with Crippen molar-refractivity contribution in [1.29, 1.82) is 0 Å². The van der Waals surface area contributed by atoms with Gasteiger partial charge in [-0.05, 0) is 47.9 Å². The minimum absolute atomic E-state index is 0.253. The number of aryl methyl sites for hydroxylation is 1. The number of aromatic nitrogens is 2. The van der Waals surface area contributed by atoms with Gasteiger partial charge in [-0.2, -0.15) is 13.2 Å². The van der Waals surface area contributed by atoms with Crippen molar-refractivity contribution in [1.82, 2.24) is 15.3 Å². The van der Waals surface area contributed by atoms with Crippen LogP contribution in [0.25, 0.3) is 10.9 Å². The van der Waals surface area contributed by atoms with E-state index in [2.05, 4.69) is 15.3 Å². The van der Waals surface area contributed by atoms with E-state index in [0.717, 1.165) is 23.4 Å². The third kappa shape index (κ3) is 4.46. The summed E-state index contributed by atoms with van der Waals surface area (Å²) in [6, 6.07) is 16.9. The molecule has 1 N–H and O–H groups in total. The number of carbonyl (C=O) groups excluding carboxylic acids is 1. The van der Waals surface area contributed by atoms with Gasteiger partial charge in [0.15, 0.2) is 0 Å². The van der Waals surface area contributed by atoms with Crippen molar-refractivity contribution in [2.24, 2.45) is 0 Å². The molecule has 0 saturated heterocycles. The summed E-state index contributed by atoms with van der Waals surface area (Å²) in [7, 11) is 0. The number of nitrogens with zero attached hydrogens (tertiary/aromatic N) is 2. The first-order chi connectivity index (χ1) is 15.4. The number of halogens is 3. The van der Waals surface area contributed by atoms with Gasteiger partial charge in [-0.3, -0.25) is 14.8 Å². The molecule has 7 heteroatoms. The SMILES string of the molecule is CCc1ccc([C@H](NC(=O)c2ccc3cccnc3c2)c2ncccc2C(F)(F)F)cc1. The molecule has 0 fully saturated rings. The lowest BCUT2D eigenvalue weighted by molar-refractivity contribution is -0.138. The minimum Gasteiger partial charge on any atom is -0.340 e. The van der Waals surface area contributed by atoms with Crippen LogP contribution in [0, 0.1) is 0 Å². The molecule has 0 aliphatic rings. The molecule has 0 radical (unpaired) electrons. The Morgan fingerprint density at radius 1 is 0.969 bits per heavy atom. The van der Waals surface area contributed by atoms with Crippen molar-refractivity contribution < 1.29 is 18.0 Å². The number of benzene rings is 2. The Morgan fingerprint density at radius 2 is 1.69 bits per heavy atom. The number of amides is 1. The monoisotopic (exact) mass is 435 g/mol. The van der Waals surface area contributed by atoms with Crippen LogP contribution in [0.15, 0.2) is 79.1 Å². The van der Waals surface area contributed by atoms with E-state index in [0.29, 0.717) is 16.6 Å². The van der Waals surface area contributed by atoms with Crippen molar-refractivity contribution in [3.8, 4) is 0 Å². The number of nitrogens with one attached hydrogen (secondary N) is 1. The van der Waals surface area contributed by atoms with Crippen LogP contribution >= 0.6 is 0 Å². The van der Waals surface area contributed by atoms with Gasteiger partial charge in [0.25, 0.3) is 5.91 Å². The molecular weight excluding hydrogens is 415 g/mol. The Balaban J connectivity index is 1.76. The summed E-state index contributed by atoms with van der Waals surface area (Å²) in [6.07, 6.45) is -0.905. The topological polar surface area (TPSA) is 54.9 Å². The smallest absolute Gasteiger partial charge is 0.340 e. The summed E-state index contributed by atoms with van der Waals surface area (Å²) in [6.45, 7) is 1.99. The molecule has 0 aliphatic carbocycles. The van der Waals surface area contributed by atoms with Crippen molar-refractivity contribution in [2.75, 3.05) is 0 Å². The van der Waals surface area contributed by atoms with Gasteiger partial charge < -0.3 is 5.32 Å². The Bertz CT molecular complexity index is 1250. The highest BCUT2D eigenvalue weighted by Gasteiger charge is 2.37. The van der Waals surface area contributed by atoms with Crippen molar-refractivity contribution in [3.05, 3.63) is 107 Å². The molecule has 4 aromatic rings. The molecule has 0 unspecified atom stereocenters. The molecule has 4 nitrogen and oxygen atoms in total. The van der Waals surface area contributed by atoms with Crippen LogP contribution in [0.3, 0.4) is 0 Å². The molecule has 2 aromatic carbocycles. The number of rotatable bonds is 5. The number of hydrogen-bond acceptors (Lipinski definition) is 3. The molecule has 0 saturated carbocycles. The Hall–Kier alpha value is -3.74. The van der Waals surface area contributed by atoms with Crippen LogP contribution in [0.1, 0.15) is 45.7 Å². The van der Waals surface area contributed by atoms with Gasteiger partial charge in [-0.15, -0.1) is 0 Å². The molecule has 32 heavy (non-hydrogen) atoms. The number of fused-ring (bicyclic) bond motifs is 1. The van der Waals surface area contributed by atoms with E-state index in [-0.39, 0.29) is 5.69 Å². The van der Waals surface area contributed by atoms with E-state index >= 15 is 0 Å². The minimum atomic E-state index is -4.61. The predicted octanol–water partition coefficient (Wildman–Crippen LogP) is 5.73. The Morgan fingerprint density at radius 3 is 2.41 bits per heavy atom. The Kier molecular flexibility index (Phi) is 5.90. The molecule has 4 rings (SSSR count). The van der Waals surface area contributed by atoms with Crippen LogP contribution in [-0.4, -0.2) is 15.9 Å². The third-order valence-electron chi connectivity index (χ3n) is 5.28. The number of carbonyl (C=O) groups is 1. The van der Waals surface area contributed by atoms with Crippen molar-refractivity contribution in [2.45, 2.75) is 25.6 Å². The lowest BCUT2D eigenvalue weighted by atomic mass is 9.97. The molecular formula is C25H20F3N3O. The highest BCUT2D eigenvalue weighted by atomic mass is 19.4. The summed E-state index contributed by atoms with van der Waals surface area (Å²) in [5.74, 6) is -0.513. The van der Waals surface area contributed by atoms with E-state index in [4.69, 9.17) is 0 Å². The molecule has 0 spiro atoms. The predicted molar refractivity (Wildman–Crippen MR) is 116 cm³/mol. The molecule has 2 heterocycles. The summed E-state index contributed by atoms with van der Waals surface area (Å²) in [4.78, 5) is 21.3. The maximum Gasteiger partial charge on any atom is 0.418 e. The van der Waals surface area contributed by atoms with Crippen LogP contribution < -0.4 is 5.32 Å². The highest BCUT2D eigenvalue weighted by molar-refractivity contribution is 5.98. The fraction of sp³-hybridized carbons (Fsp3) is 0.160. The van der Waals surface area contributed by atoms with E-state index in [9.17, 15) is 18.0 Å². The first-order valence-corrected chi connectivity index (χ1v) is 10.1. The second-order valence-electron chi connectivity index (χ2n) is 7.35. The van der Waals surface area contributed by atoms with Gasteiger partial charge in [0, 0.05) is 23.3 Å². The number of hydrogen-bond donors (Lipinski definition) is 1. The van der Waals surface area contributed by atoms with Gasteiger partial charge in [-0.1, -0.05) is 43.3 Å². The molecule has 162 valence electrons. The average molecular weight is 435 g/mol. The second kappa shape index (κ2) is 8.78. The van der Waals surface area contributed by atoms with Crippen molar-refractivity contribution >= 4 is 16.8 Å². The Labute approximate surface area is 183 Å². The second-order valence-corrected chi connectivity index (χ2v) is 7.35. The van der Waals surface area contributed by atoms with E-state index < -0.39 is 23.7 Å². The fourth-order valence-electron chi connectivity index (χ4n) is 3.56.